The summed E-state index contributed by atoms with van der Waals surface area (Å²) >= 11 is 0. The summed E-state index contributed by atoms with van der Waals surface area (Å²) in [5.41, 5.74) is 0.966. The predicted molar refractivity (Wildman–Crippen MR) is 118 cm³/mol. The van der Waals surface area contributed by atoms with Gasteiger partial charge >= 0.3 is 0 Å². The lowest BCUT2D eigenvalue weighted by Gasteiger charge is -2.32. The van der Waals surface area contributed by atoms with Crippen molar-refractivity contribution in [3.05, 3.63) is 71.6 Å². The summed E-state index contributed by atoms with van der Waals surface area (Å²) in [6.07, 6.45) is 4.14. The lowest BCUT2D eigenvalue weighted by atomic mass is 9.81. The molecule has 172 valence electrons. The number of imidazole rings is 1. The number of hydrogen-bond donors (Lipinski definition) is 3. The Hall–Kier alpha value is -3.59. The maximum absolute atomic E-state index is 14.5. The number of ether oxygens (including phenoxy) is 3. The molecule has 8 nitrogen and oxygen atoms in total. The van der Waals surface area contributed by atoms with E-state index in [1.165, 1.54) is 6.07 Å². The molecule has 1 saturated heterocycles. The van der Waals surface area contributed by atoms with E-state index in [1.54, 1.807) is 24.5 Å². The quantitative estimate of drug-likeness (QED) is 0.510. The van der Waals surface area contributed by atoms with Crippen LogP contribution in [-0.4, -0.2) is 42.4 Å². The molecule has 0 unspecified atom stereocenters. The number of H-pyrrole nitrogens is 1. The smallest absolute Gasteiger partial charge is 0.254 e. The van der Waals surface area contributed by atoms with Crippen LogP contribution in [0.1, 0.15) is 34.1 Å². The van der Waals surface area contributed by atoms with Crippen molar-refractivity contribution in [1.29, 1.82) is 0 Å². The monoisotopic (exact) mass is 452 g/mol. The fourth-order valence-corrected chi connectivity index (χ4v) is 4.31. The van der Waals surface area contributed by atoms with E-state index in [4.69, 9.17) is 14.2 Å². The van der Waals surface area contributed by atoms with Crippen molar-refractivity contribution in [2.45, 2.75) is 18.9 Å². The minimum absolute atomic E-state index is 0.0352. The molecule has 2 aliphatic rings. The molecule has 3 aromatic rings. The van der Waals surface area contributed by atoms with Crippen LogP contribution >= 0.6 is 0 Å². The van der Waals surface area contributed by atoms with Gasteiger partial charge in [-0.1, -0.05) is 6.07 Å². The molecule has 0 aliphatic carbocycles. The van der Waals surface area contributed by atoms with Crippen molar-refractivity contribution >= 4 is 5.91 Å². The van der Waals surface area contributed by atoms with Gasteiger partial charge in [-0.25, -0.2) is 9.37 Å². The average molecular weight is 452 g/mol. The van der Waals surface area contributed by atoms with E-state index in [9.17, 15) is 9.18 Å². The highest BCUT2D eigenvalue weighted by Crippen LogP contribution is 2.36. The van der Waals surface area contributed by atoms with E-state index in [0.29, 0.717) is 29.7 Å². The number of aromatic amines is 1. The average Bonchev–Trinajstić information content (AvgIpc) is 3.53. The molecule has 0 radical (unpaired) electrons. The van der Waals surface area contributed by atoms with Gasteiger partial charge in [-0.3, -0.25) is 4.79 Å². The summed E-state index contributed by atoms with van der Waals surface area (Å²) in [5.74, 6) is 2.00. The van der Waals surface area contributed by atoms with Crippen molar-refractivity contribution in [1.82, 2.24) is 20.6 Å². The van der Waals surface area contributed by atoms with Crippen LogP contribution in [0.2, 0.25) is 0 Å². The maximum atomic E-state index is 14.5. The fourth-order valence-electron chi connectivity index (χ4n) is 4.31. The number of fused-ring (bicyclic) bond motifs is 1. The van der Waals surface area contributed by atoms with Crippen LogP contribution in [0.5, 0.6) is 17.2 Å². The highest BCUT2D eigenvalue weighted by molar-refractivity contribution is 5.94. The number of benzene rings is 2. The van der Waals surface area contributed by atoms with E-state index in [1.807, 2.05) is 18.2 Å². The number of halogens is 1. The summed E-state index contributed by atoms with van der Waals surface area (Å²) in [6.45, 7) is 2.52. The first-order chi connectivity index (χ1) is 16.2. The zero-order chi connectivity index (χ0) is 22.6. The summed E-state index contributed by atoms with van der Waals surface area (Å²) in [4.78, 5) is 19.6. The standard InChI is InChI=1S/C24H25FN4O4/c25-20-3-1-15(9-19(20)24(30)29-12-23-27-7-8-28-23)18-5-6-26-11-16(18)13-31-17-2-4-21-22(10-17)33-14-32-21/h1-4,7-10,16,18,26H,5-6,11-14H2,(H,27,28)(H,29,30)/t16-,18-/m0/s1. The Balaban J connectivity index is 1.28. The number of aromatic nitrogens is 2. The molecule has 0 bridgehead atoms. The Morgan fingerprint density at radius 1 is 1.21 bits per heavy atom. The molecule has 1 amide bonds. The fraction of sp³-hybridized carbons (Fsp3) is 0.333. The summed E-state index contributed by atoms with van der Waals surface area (Å²) in [5, 5.41) is 6.13. The van der Waals surface area contributed by atoms with Gasteiger partial charge in [0.15, 0.2) is 11.5 Å². The molecule has 2 aromatic carbocycles. The van der Waals surface area contributed by atoms with Crippen LogP contribution in [0.4, 0.5) is 4.39 Å². The Bertz CT molecular complexity index is 1120. The Kier molecular flexibility index (Phi) is 6.12. The molecule has 33 heavy (non-hydrogen) atoms. The number of nitrogens with one attached hydrogen (secondary N) is 3. The van der Waals surface area contributed by atoms with Crippen molar-refractivity contribution in [2.75, 3.05) is 26.5 Å². The van der Waals surface area contributed by atoms with Gasteiger partial charge in [0.1, 0.15) is 17.4 Å². The Morgan fingerprint density at radius 2 is 2.12 bits per heavy atom. The van der Waals surface area contributed by atoms with E-state index in [2.05, 4.69) is 20.6 Å². The zero-order valence-corrected chi connectivity index (χ0v) is 18.0. The summed E-state index contributed by atoms with van der Waals surface area (Å²) in [7, 11) is 0. The molecule has 2 atom stereocenters. The molecule has 1 aromatic heterocycles. The van der Waals surface area contributed by atoms with E-state index in [0.717, 1.165) is 25.1 Å². The molecule has 5 rings (SSSR count). The van der Waals surface area contributed by atoms with Crippen molar-refractivity contribution in [3.63, 3.8) is 0 Å². The van der Waals surface area contributed by atoms with Gasteiger partial charge in [-0.05, 0) is 48.7 Å². The van der Waals surface area contributed by atoms with Crippen LogP contribution in [0.15, 0.2) is 48.8 Å². The summed E-state index contributed by atoms with van der Waals surface area (Å²) in [6, 6.07) is 10.3. The third-order valence-electron chi connectivity index (χ3n) is 6.05. The first-order valence-corrected chi connectivity index (χ1v) is 11.0. The molecule has 2 aliphatic heterocycles. The van der Waals surface area contributed by atoms with Gasteiger partial charge in [0.2, 0.25) is 6.79 Å². The Labute approximate surface area is 190 Å². The van der Waals surface area contributed by atoms with Crippen molar-refractivity contribution in [3.8, 4) is 17.2 Å². The van der Waals surface area contributed by atoms with Crippen LogP contribution in [0.3, 0.4) is 0 Å². The molecule has 1 fully saturated rings. The van der Waals surface area contributed by atoms with Crippen molar-refractivity contribution in [2.24, 2.45) is 5.92 Å². The summed E-state index contributed by atoms with van der Waals surface area (Å²) < 4.78 is 31.3. The first kappa shape index (κ1) is 21.3. The third-order valence-corrected chi connectivity index (χ3v) is 6.05. The van der Waals surface area contributed by atoms with E-state index in [-0.39, 0.29) is 30.7 Å². The zero-order valence-electron chi connectivity index (χ0n) is 18.0. The number of hydrogen-bond acceptors (Lipinski definition) is 6. The van der Waals surface area contributed by atoms with E-state index >= 15 is 0 Å². The maximum Gasteiger partial charge on any atom is 0.254 e. The first-order valence-electron chi connectivity index (χ1n) is 11.0. The largest absolute Gasteiger partial charge is 0.493 e. The second-order valence-corrected chi connectivity index (χ2v) is 8.14. The lowest BCUT2D eigenvalue weighted by Crippen LogP contribution is -2.38. The van der Waals surface area contributed by atoms with Gasteiger partial charge in [-0.15, -0.1) is 0 Å². The Morgan fingerprint density at radius 3 is 3.00 bits per heavy atom. The second-order valence-electron chi connectivity index (χ2n) is 8.14. The highest BCUT2D eigenvalue weighted by Gasteiger charge is 2.28. The van der Waals surface area contributed by atoms with Crippen LogP contribution in [0, 0.1) is 11.7 Å². The SMILES string of the molecule is O=C(NCc1ncc[nH]1)c1cc([C@@H]2CCNC[C@H]2COc2ccc3c(c2)OCO3)ccc1F. The number of nitrogens with zero attached hydrogens (tertiary/aromatic N) is 1. The van der Waals surface area contributed by atoms with Crippen LogP contribution < -0.4 is 24.8 Å². The van der Waals surface area contributed by atoms with Gasteiger partial charge in [0, 0.05) is 30.9 Å². The minimum Gasteiger partial charge on any atom is -0.493 e. The number of rotatable bonds is 7. The highest BCUT2D eigenvalue weighted by atomic mass is 19.1. The molecule has 0 spiro atoms. The predicted octanol–water partition coefficient (Wildman–Crippen LogP) is 2.98. The number of carbonyl (C=O) groups excluding carboxylic acids is 1. The molecule has 9 heteroatoms. The minimum atomic E-state index is -0.544. The number of piperidine rings is 1. The van der Waals surface area contributed by atoms with Gasteiger partial charge < -0.3 is 29.8 Å². The van der Waals surface area contributed by atoms with Crippen LogP contribution in [-0.2, 0) is 6.54 Å². The topological polar surface area (TPSA) is 97.5 Å². The third kappa shape index (κ3) is 4.78. The lowest BCUT2D eigenvalue weighted by molar-refractivity contribution is 0.0945. The molecular weight excluding hydrogens is 427 g/mol. The number of carbonyl (C=O) groups is 1. The van der Waals surface area contributed by atoms with Gasteiger partial charge in [0.25, 0.3) is 5.91 Å². The number of amides is 1. The van der Waals surface area contributed by atoms with Crippen LogP contribution in [0.25, 0.3) is 0 Å². The normalized spacial score (nSPS) is 19.3. The molecular formula is C24H25FN4O4. The van der Waals surface area contributed by atoms with E-state index < -0.39 is 11.7 Å². The van der Waals surface area contributed by atoms with Crippen molar-refractivity contribution < 1.29 is 23.4 Å². The van der Waals surface area contributed by atoms with Gasteiger partial charge in [0.05, 0.1) is 18.7 Å². The molecule has 3 N–H and O–H groups in total. The van der Waals surface area contributed by atoms with Gasteiger partial charge in [-0.2, -0.15) is 0 Å². The second kappa shape index (κ2) is 9.50. The molecule has 3 heterocycles. The molecule has 0 saturated carbocycles.